The van der Waals surface area contributed by atoms with Crippen LogP contribution in [0.4, 0.5) is 11.4 Å². The van der Waals surface area contributed by atoms with Crippen molar-refractivity contribution in [2.75, 3.05) is 50.0 Å². The molecule has 0 spiro atoms. The van der Waals surface area contributed by atoms with Crippen molar-refractivity contribution in [2.45, 2.75) is 25.4 Å². The molecule has 1 atom stereocenters. The molecule has 35 heavy (non-hydrogen) atoms. The maximum absolute atomic E-state index is 13.3. The molecular weight excluding hydrogens is 440 g/mol. The first-order valence-corrected chi connectivity index (χ1v) is 12.3. The van der Waals surface area contributed by atoms with Crippen molar-refractivity contribution in [3.8, 4) is 0 Å². The van der Waals surface area contributed by atoms with E-state index in [1.165, 1.54) is 12.8 Å². The van der Waals surface area contributed by atoms with E-state index >= 15 is 0 Å². The summed E-state index contributed by atoms with van der Waals surface area (Å²) < 4.78 is 1.97. The van der Waals surface area contributed by atoms with Crippen LogP contribution in [0.25, 0.3) is 0 Å². The number of hydrogen-bond acceptors (Lipinski definition) is 5. The predicted molar refractivity (Wildman–Crippen MR) is 137 cm³/mol. The molecule has 5 rings (SSSR count). The molecule has 2 fully saturated rings. The van der Waals surface area contributed by atoms with E-state index < -0.39 is 6.04 Å². The van der Waals surface area contributed by atoms with Gasteiger partial charge in [-0.15, -0.1) is 0 Å². The molecule has 2 aliphatic heterocycles. The SMILES string of the molecule is CN1CCN(C(=O)c2cccc(Cn3ccnc3)c2)C[C@H]1C(=O)Nc1cccc(N2CCCC2)c1. The molecule has 1 N–H and O–H groups in total. The summed E-state index contributed by atoms with van der Waals surface area (Å²) in [5.74, 6) is -0.128. The van der Waals surface area contributed by atoms with Crippen LogP contribution in [-0.4, -0.2) is 77.0 Å². The Hall–Kier alpha value is -3.65. The third-order valence-corrected chi connectivity index (χ3v) is 6.92. The molecule has 182 valence electrons. The maximum atomic E-state index is 13.3. The molecule has 3 heterocycles. The van der Waals surface area contributed by atoms with E-state index in [2.05, 4.69) is 21.3 Å². The largest absolute Gasteiger partial charge is 0.371 e. The lowest BCUT2D eigenvalue weighted by molar-refractivity contribution is -0.122. The van der Waals surface area contributed by atoms with Gasteiger partial charge in [0.25, 0.3) is 5.91 Å². The highest BCUT2D eigenvalue weighted by molar-refractivity contribution is 5.98. The van der Waals surface area contributed by atoms with Gasteiger partial charge >= 0.3 is 0 Å². The second kappa shape index (κ2) is 10.3. The Labute approximate surface area is 206 Å². The van der Waals surface area contributed by atoms with Crippen LogP contribution in [0, 0.1) is 0 Å². The Morgan fingerprint density at radius 1 is 1.03 bits per heavy atom. The lowest BCUT2D eigenvalue weighted by atomic mass is 10.1. The van der Waals surface area contributed by atoms with E-state index in [1.807, 2.05) is 65.2 Å². The standard InChI is InChI=1S/C27H32N6O2/c1-30-14-15-33(27(35)22-7-4-6-21(16-22)18-31-13-10-28-20-31)19-25(30)26(34)29-23-8-5-9-24(17-23)32-11-2-3-12-32/h4-10,13,16-17,20,25H,2-3,11-12,14-15,18-19H2,1H3,(H,29,34)/t25-/m0/s1. The molecule has 2 amide bonds. The molecule has 2 aromatic carbocycles. The fraction of sp³-hybridized carbons (Fsp3) is 0.370. The van der Waals surface area contributed by atoms with Crippen molar-refractivity contribution in [3.05, 3.63) is 78.4 Å². The molecule has 0 unspecified atom stereocenters. The van der Waals surface area contributed by atoms with E-state index in [0.717, 1.165) is 30.0 Å². The molecule has 0 aliphatic carbocycles. The van der Waals surface area contributed by atoms with Gasteiger partial charge in [0.2, 0.25) is 5.91 Å². The minimum absolute atomic E-state index is 0.0422. The zero-order valence-corrected chi connectivity index (χ0v) is 20.1. The van der Waals surface area contributed by atoms with Crippen LogP contribution in [0.1, 0.15) is 28.8 Å². The van der Waals surface area contributed by atoms with Crippen molar-refractivity contribution in [2.24, 2.45) is 0 Å². The highest BCUT2D eigenvalue weighted by atomic mass is 16.2. The Bertz CT molecular complexity index is 1170. The van der Waals surface area contributed by atoms with Crippen LogP contribution in [0.3, 0.4) is 0 Å². The Morgan fingerprint density at radius 2 is 1.86 bits per heavy atom. The van der Waals surface area contributed by atoms with Crippen LogP contribution in [0.2, 0.25) is 0 Å². The lowest BCUT2D eigenvalue weighted by Gasteiger charge is -2.38. The predicted octanol–water partition coefficient (Wildman–Crippen LogP) is 2.93. The topological polar surface area (TPSA) is 73.7 Å². The third kappa shape index (κ3) is 5.38. The highest BCUT2D eigenvalue weighted by Crippen LogP contribution is 2.24. The normalized spacial score (nSPS) is 18.6. The third-order valence-electron chi connectivity index (χ3n) is 6.92. The van der Waals surface area contributed by atoms with Gasteiger partial charge in [-0.1, -0.05) is 18.2 Å². The number of carbonyl (C=O) groups excluding carboxylic acids is 2. The summed E-state index contributed by atoms with van der Waals surface area (Å²) in [6, 6.07) is 15.3. The fourth-order valence-electron chi connectivity index (χ4n) is 4.90. The number of nitrogens with zero attached hydrogens (tertiary/aromatic N) is 5. The highest BCUT2D eigenvalue weighted by Gasteiger charge is 2.32. The van der Waals surface area contributed by atoms with Gasteiger partial charge < -0.3 is 19.7 Å². The number of hydrogen-bond donors (Lipinski definition) is 1. The van der Waals surface area contributed by atoms with Crippen LogP contribution in [0.5, 0.6) is 0 Å². The number of benzene rings is 2. The van der Waals surface area contributed by atoms with E-state index in [1.54, 1.807) is 17.4 Å². The molecule has 0 bridgehead atoms. The minimum atomic E-state index is -0.405. The van der Waals surface area contributed by atoms with E-state index in [4.69, 9.17) is 0 Å². The fourth-order valence-corrected chi connectivity index (χ4v) is 4.90. The quantitative estimate of drug-likeness (QED) is 0.597. The number of nitrogens with one attached hydrogen (secondary N) is 1. The summed E-state index contributed by atoms with van der Waals surface area (Å²) in [6.07, 6.45) is 7.82. The first kappa shape index (κ1) is 23.1. The number of aromatic nitrogens is 2. The maximum Gasteiger partial charge on any atom is 0.253 e. The Balaban J connectivity index is 1.25. The number of anilines is 2. The van der Waals surface area contributed by atoms with Gasteiger partial charge in [-0.2, -0.15) is 0 Å². The van der Waals surface area contributed by atoms with Gasteiger partial charge in [-0.05, 0) is 55.8 Å². The van der Waals surface area contributed by atoms with E-state index in [0.29, 0.717) is 31.7 Å². The van der Waals surface area contributed by atoms with Crippen LogP contribution < -0.4 is 10.2 Å². The first-order valence-electron chi connectivity index (χ1n) is 12.3. The number of carbonyl (C=O) groups is 2. The Morgan fingerprint density at radius 3 is 2.66 bits per heavy atom. The molecule has 3 aromatic rings. The number of amides is 2. The second-order valence-electron chi connectivity index (χ2n) is 9.42. The Kier molecular flexibility index (Phi) is 6.81. The van der Waals surface area contributed by atoms with E-state index in [9.17, 15) is 9.59 Å². The lowest BCUT2D eigenvalue weighted by Crippen LogP contribution is -2.57. The number of imidazole rings is 1. The van der Waals surface area contributed by atoms with Gasteiger partial charge in [-0.25, -0.2) is 4.98 Å². The van der Waals surface area contributed by atoms with Crippen molar-refractivity contribution in [1.82, 2.24) is 19.4 Å². The van der Waals surface area contributed by atoms with Crippen LogP contribution in [-0.2, 0) is 11.3 Å². The van der Waals surface area contributed by atoms with Gasteiger partial charge in [0.15, 0.2) is 0 Å². The smallest absolute Gasteiger partial charge is 0.253 e. The molecule has 8 nitrogen and oxygen atoms in total. The first-order chi connectivity index (χ1) is 17.1. The molecule has 8 heteroatoms. The summed E-state index contributed by atoms with van der Waals surface area (Å²) in [6.45, 7) is 4.37. The zero-order valence-electron chi connectivity index (χ0n) is 20.1. The molecule has 1 aromatic heterocycles. The second-order valence-corrected chi connectivity index (χ2v) is 9.42. The molecule has 0 radical (unpaired) electrons. The summed E-state index contributed by atoms with van der Waals surface area (Å²) in [7, 11) is 1.94. The van der Waals surface area contributed by atoms with Crippen molar-refractivity contribution in [1.29, 1.82) is 0 Å². The monoisotopic (exact) mass is 472 g/mol. The number of piperazine rings is 1. The van der Waals surface area contributed by atoms with E-state index in [-0.39, 0.29) is 11.8 Å². The van der Waals surface area contributed by atoms with Gasteiger partial charge in [0, 0.05) is 68.6 Å². The molecule has 2 aliphatic rings. The van der Waals surface area contributed by atoms with Crippen LogP contribution >= 0.6 is 0 Å². The average Bonchev–Trinajstić information content (AvgIpc) is 3.59. The van der Waals surface area contributed by atoms with Gasteiger partial charge in [-0.3, -0.25) is 14.5 Å². The average molecular weight is 473 g/mol. The zero-order chi connectivity index (χ0) is 24.2. The van der Waals surface area contributed by atoms with Gasteiger partial charge in [0.1, 0.15) is 6.04 Å². The molecular formula is C27H32N6O2. The summed E-state index contributed by atoms with van der Waals surface area (Å²) >= 11 is 0. The number of likely N-dealkylation sites (N-methyl/N-ethyl adjacent to an activating group) is 1. The molecule has 2 saturated heterocycles. The van der Waals surface area contributed by atoms with Crippen molar-refractivity contribution < 1.29 is 9.59 Å². The summed E-state index contributed by atoms with van der Waals surface area (Å²) in [5.41, 5.74) is 3.62. The minimum Gasteiger partial charge on any atom is -0.371 e. The summed E-state index contributed by atoms with van der Waals surface area (Å²) in [5, 5.41) is 3.09. The van der Waals surface area contributed by atoms with Crippen molar-refractivity contribution in [3.63, 3.8) is 0 Å². The van der Waals surface area contributed by atoms with Gasteiger partial charge in [0.05, 0.1) is 6.33 Å². The van der Waals surface area contributed by atoms with Crippen molar-refractivity contribution >= 4 is 23.2 Å². The molecule has 0 saturated carbocycles. The number of rotatable bonds is 6. The summed E-state index contributed by atoms with van der Waals surface area (Å²) in [4.78, 5) is 36.8. The van der Waals surface area contributed by atoms with Crippen LogP contribution in [0.15, 0.2) is 67.3 Å².